The third-order valence-electron chi connectivity index (χ3n) is 8.96. The third-order valence-corrected chi connectivity index (χ3v) is 8.96. The van der Waals surface area contributed by atoms with Crippen molar-refractivity contribution in [2.75, 3.05) is 36.4 Å². The fourth-order valence-corrected chi connectivity index (χ4v) is 6.86. The number of aromatic nitrogens is 2. The Morgan fingerprint density at radius 2 is 1.91 bits per heavy atom. The molecule has 0 radical (unpaired) electrons. The summed E-state index contributed by atoms with van der Waals surface area (Å²) < 4.78 is 21.0. The summed E-state index contributed by atoms with van der Waals surface area (Å²) in [7, 11) is 0. The molecule has 1 atom stereocenters. The van der Waals surface area contributed by atoms with Crippen molar-refractivity contribution in [2.45, 2.75) is 32.7 Å². The van der Waals surface area contributed by atoms with Crippen LogP contribution in [0.4, 0.5) is 15.9 Å². The first-order valence-corrected chi connectivity index (χ1v) is 14.8. The van der Waals surface area contributed by atoms with Crippen LogP contribution in [0, 0.1) is 11.2 Å². The molecular weight excluding hydrogens is 541 g/mol. The van der Waals surface area contributed by atoms with Crippen molar-refractivity contribution in [3.63, 3.8) is 0 Å². The number of rotatable bonds is 7. The highest BCUT2D eigenvalue weighted by atomic mass is 19.1. The van der Waals surface area contributed by atoms with Gasteiger partial charge in [-0.05, 0) is 72.8 Å². The Morgan fingerprint density at radius 1 is 1.05 bits per heavy atom. The van der Waals surface area contributed by atoms with E-state index in [2.05, 4.69) is 49.9 Å². The molecule has 2 fully saturated rings. The molecule has 0 saturated carbocycles. The maximum Gasteiger partial charge on any atom is 0.228 e. The molecule has 4 heterocycles. The number of halogens is 1. The number of nitrogens with one attached hydrogen (secondary N) is 1. The number of allylic oxidation sites excluding steroid dienone is 1. The van der Waals surface area contributed by atoms with E-state index < -0.39 is 0 Å². The Morgan fingerprint density at radius 3 is 2.79 bits per heavy atom. The number of benzene rings is 3. The van der Waals surface area contributed by atoms with E-state index >= 15 is 0 Å². The number of hydrogen-bond acceptors (Lipinski definition) is 6. The minimum Gasteiger partial charge on any atom is -0.451 e. The van der Waals surface area contributed by atoms with Crippen LogP contribution in [0.2, 0.25) is 0 Å². The van der Waals surface area contributed by atoms with Gasteiger partial charge in [0.1, 0.15) is 17.9 Å². The summed E-state index contributed by atoms with van der Waals surface area (Å²) in [5, 5.41) is 2.97. The van der Waals surface area contributed by atoms with Crippen LogP contribution in [0.3, 0.4) is 0 Å². The van der Waals surface area contributed by atoms with Crippen LogP contribution in [0.1, 0.15) is 36.5 Å². The molecule has 7 nitrogen and oxygen atoms in total. The second kappa shape index (κ2) is 10.9. The number of nitrogens with zero attached hydrogens (tertiary/aromatic N) is 4. The fraction of sp³-hybridized carbons (Fsp3) is 0.286. The zero-order valence-electron chi connectivity index (χ0n) is 24.3. The van der Waals surface area contributed by atoms with Gasteiger partial charge in [-0.15, -0.1) is 0 Å². The highest BCUT2D eigenvalue weighted by Gasteiger charge is 2.44. The zero-order valence-corrected chi connectivity index (χ0v) is 24.3. The Kier molecular flexibility index (Phi) is 6.94. The van der Waals surface area contributed by atoms with E-state index in [4.69, 9.17) is 4.74 Å². The first kappa shape index (κ1) is 27.3. The van der Waals surface area contributed by atoms with Crippen molar-refractivity contribution in [1.29, 1.82) is 0 Å². The Bertz CT molecular complexity index is 1740. The normalized spacial score (nSPS) is 19.6. The molecule has 3 aliphatic heterocycles. The molecule has 1 amide bonds. The van der Waals surface area contributed by atoms with Gasteiger partial charge >= 0.3 is 0 Å². The van der Waals surface area contributed by atoms with Crippen molar-refractivity contribution >= 4 is 23.0 Å². The molecule has 1 unspecified atom stereocenters. The molecule has 0 bridgehead atoms. The SMILES string of the molecule is C=C(C)c1ccccc1-c1cc(F)ccc1Oc1cncnc1N1CCC2(CCN(Cc3ccc4c(c3)NC(=O)C4)C2)C1. The van der Waals surface area contributed by atoms with E-state index in [1.807, 2.05) is 31.2 Å². The molecule has 3 aliphatic rings. The second-order valence-corrected chi connectivity index (χ2v) is 12.1. The molecule has 2 saturated heterocycles. The predicted molar refractivity (Wildman–Crippen MR) is 167 cm³/mol. The molecule has 3 aromatic carbocycles. The molecule has 4 aromatic rings. The first-order valence-electron chi connectivity index (χ1n) is 14.8. The molecule has 1 N–H and O–H groups in total. The molecule has 0 aliphatic carbocycles. The summed E-state index contributed by atoms with van der Waals surface area (Å²) >= 11 is 0. The number of ether oxygens (including phenoxy) is 1. The highest BCUT2D eigenvalue weighted by molar-refractivity contribution is 5.99. The van der Waals surface area contributed by atoms with Gasteiger partial charge in [0.05, 0.1) is 12.6 Å². The topological polar surface area (TPSA) is 70.6 Å². The van der Waals surface area contributed by atoms with E-state index in [9.17, 15) is 9.18 Å². The van der Waals surface area contributed by atoms with Gasteiger partial charge in [0.25, 0.3) is 0 Å². The van der Waals surface area contributed by atoms with Crippen molar-refractivity contribution in [2.24, 2.45) is 5.41 Å². The molecule has 43 heavy (non-hydrogen) atoms. The van der Waals surface area contributed by atoms with E-state index in [0.29, 0.717) is 23.5 Å². The smallest absolute Gasteiger partial charge is 0.228 e. The largest absolute Gasteiger partial charge is 0.451 e. The van der Waals surface area contributed by atoms with E-state index in [0.717, 1.165) is 79.3 Å². The van der Waals surface area contributed by atoms with Gasteiger partial charge in [0.15, 0.2) is 11.6 Å². The number of hydrogen-bond donors (Lipinski definition) is 1. The maximum atomic E-state index is 14.5. The van der Waals surface area contributed by atoms with Crippen LogP contribution in [0.25, 0.3) is 16.7 Å². The summed E-state index contributed by atoms with van der Waals surface area (Å²) in [5.41, 5.74) is 6.78. The average molecular weight is 576 g/mol. The molecule has 8 heteroatoms. The van der Waals surface area contributed by atoms with Gasteiger partial charge < -0.3 is 15.0 Å². The summed E-state index contributed by atoms with van der Waals surface area (Å²) in [6, 6.07) is 18.8. The van der Waals surface area contributed by atoms with Crippen LogP contribution >= 0.6 is 0 Å². The fourth-order valence-electron chi connectivity index (χ4n) is 6.86. The van der Waals surface area contributed by atoms with Crippen molar-refractivity contribution in [1.82, 2.24) is 14.9 Å². The Hall–Kier alpha value is -4.56. The standard InChI is InChI=1S/C35H34FN5O2/c1-23(2)27-5-3-4-6-28(27)29-17-26(36)9-10-31(29)43-32-18-37-22-38-34(32)41-14-12-35(21-41)11-13-40(20-35)19-24-7-8-25-16-33(42)39-30(25)15-24/h3-10,15,17-18,22H,1,11-14,16,19-21H2,2H3,(H,39,42). The molecule has 1 spiro atoms. The average Bonchev–Trinajstić information content (AvgIpc) is 3.71. The number of amides is 1. The molecule has 218 valence electrons. The quantitative estimate of drug-likeness (QED) is 0.264. The maximum absolute atomic E-state index is 14.5. The minimum atomic E-state index is -0.333. The number of anilines is 2. The monoisotopic (exact) mass is 575 g/mol. The number of likely N-dealkylation sites (tertiary alicyclic amines) is 1. The predicted octanol–water partition coefficient (Wildman–Crippen LogP) is 6.71. The second-order valence-electron chi connectivity index (χ2n) is 12.1. The summed E-state index contributed by atoms with van der Waals surface area (Å²) in [5.74, 6) is 1.58. The number of carbonyl (C=O) groups excluding carboxylic acids is 1. The zero-order chi connectivity index (χ0) is 29.6. The third kappa shape index (κ3) is 5.39. The Balaban J connectivity index is 1.09. The highest BCUT2D eigenvalue weighted by Crippen LogP contribution is 2.44. The van der Waals surface area contributed by atoms with Gasteiger partial charge in [-0.3, -0.25) is 9.69 Å². The van der Waals surface area contributed by atoms with Crippen LogP contribution in [-0.4, -0.2) is 47.0 Å². The lowest BCUT2D eigenvalue weighted by molar-refractivity contribution is -0.115. The van der Waals surface area contributed by atoms with E-state index in [1.165, 1.54) is 17.7 Å². The van der Waals surface area contributed by atoms with Gasteiger partial charge in [0.2, 0.25) is 5.91 Å². The van der Waals surface area contributed by atoms with E-state index in [-0.39, 0.29) is 17.1 Å². The Labute approximate surface area is 251 Å². The molecular formula is C35H34FN5O2. The van der Waals surface area contributed by atoms with Crippen molar-refractivity contribution < 1.29 is 13.9 Å². The number of fused-ring (bicyclic) bond motifs is 1. The van der Waals surface area contributed by atoms with Crippen LogP contribution in [0.15, 0.2) is 79.8 Å². The van der Waals surface area contributed by atoms with Gasteiger partial charge in [0, 0.05) is 42.8 Å². The van der Waals surface area contributed by atoms with Gasteiger partial charge in [-0.1, -0.05) is 48.6 Å². The van der Waals surface area contributed by atoms with Gasteiger partial charge in [-0.2, -0.15) is 0 Å². The van der Waals surface area contributed by atoms with Gasteiger partial charge in [-0.25, -0.2) is 14.4 Å². The number of carbonyl (C=O) groups is 1. The summed E-state index contributed by atoms with van der Waals surface area (Å²) in [4.78, 5) is 25.5. The lowest BCUT2D eigenvalue weighted by atomic mass is 9.86. The van der Waals surface area contributed by atoms with E-state index in [1.54, 1.807) is 18.6 Å². The van der Waals surface area contributed by atoms with Crippen molar-refractivity contribution in [3.05, 3.63) is 102 Å². The van der Waals surface area contributed by atoms with Crippen molar-refractivity contribution in [3.8, 4) is 22.6 Å². The van der Waals surface area contributed by atoms with Crippen LogP contribution in [-0.2, 0) is 17.8 Å². The molecule has 1 aromatic heterocycles. The first-order chi connectivity index (χ1) is 20.9. The van der Waals surface area contributed by atoms with Crippen LogP contribution in [0.5, 0.6) is 11.5 Å². The summed E-state index contributed by atoms with van der Waals surface area (Å²) in [6.45, 7) is 10.7. The minimum absolute atomic E-state index is 0.0683. The lowest BCUT2D eigenvalue weighted by Gasteiger charge is -2.26. The van der Waals surface area contributed by atoms with Crippen LogP contribution < -0.4 is 15.0 Å². The lowest BCUT2D eigenvalue weighted by Crippen LogP contribution is -2.31. The molecule has 7 rings (SSSR count). The summed E-state index contributed by atoms with van der Waals surface area (Å²) in [6.07, 6.45) is 5.91.